The van der Waals surface area contributed by atoms with Crippen molar-refractivity contribution in [2.24, 2.45) is 0 Å². The molecule has 0 unspecified atom stereocenters. The Balaban J connectivity index is 2.29. The van der Waals surface area contributed by atoms with Gasteiger partial charge in [0.05, 0.1) is 0 Å². The van der Waals surface area contributed by atoms with E-state index in [1.165, 1.54) is 0 Å². The van der Waals surface area contributed by atoms with Crippen molar-refractivity contribution in [3.8, 4) is 0 Å². The standard InChI is InChI=1S/C4H9NO2/c6-4(5-7)2-1-3-4/h5-7H,1-3H2. The lowest BCUT2D eigenvalue weighted by atomic mass is 9.89. The van der Waals surface area contributed by atoms with Gasteiger partial charge in [-0.1, -0.05) is 0 Å². The number of hydrogen-bond donors (Lipinski definition) is 3. The summed E-state index contributed by atoms with van der Waals surface area (Å²) in [5.41, 5.74) is 0.903. The molecule has 0 atom stereocenters. The highest BCUT2D eigenvalue weighted by Gasteiger charge is 2.33. The van der Waals surface area contributed by atoms with Crippen LogP contribution in [-0.2, 0) is 0 Å². The van der Waals surface area contributed by atoms with Crippen LogP contribution < -0.4 is 5.48 Å². The smallest absolute Gasteiger partial charge is 0.137 e. The predicted octanol–water partition coefficient (Wildman–Crippen LogP) is -0.162. The molecule has 3 nitrogen and oxygen atoms in total. The molecule has 1 fully saturated rings. The van der Waals surface area contributed by atoms with Crippen LogP contribution in [0.5, 0.6) is 0 Å². The second kappa shape index (κ2) is 1.43. The number of hydroxylamine groups is 1. The molecule has 1 rings (SSSR count). The molecular weight excluding hydrogens is 94.0 g/mol. The van der Waals surface area contributed by atoms with Crippen molar-refractivity contribution in [1.29, 1.82) is 0 Å². The maximum absolute atomic E-state index is 8.86. The highest BCUT2D eigenvalue weighted by Crippen LogP contribution is 2.27. The van der Waals surface area contributed by atoms with E-state index in [9.17, 15) is 0 Å². The maximum Gasteiger partial charge on any atom is 0.137 e. The van der Waals surface area contributed by atoms with E-state index >= 15 is 0 Å². The average molecular weight is 103 g/mol. The van der Waals surface area contributed by atoms with Crippen molar-refractivity contribution in [3.05, 3.63) is 0 Å². The Kier molecular flexibility index (Phi) is 1.03. The van der Waals surface area contributed by atoms with Crippen LogP contribution in [0.15, 0.2) is 0 Å². The molecule has 0 aromatic heterocycles. The molecule has 0 heterocycles. The molecule has 42 valence electrons. The summed E-state index contributed by atoms with van der Waals surface area (Å²) in [5, 5.41) is 17.0. The van der Waals surface area contributed by atoms with Crippen molar-refractivity contribution >= 4 is 0 Å². The van der Waals surface area contributed by atoms with Gasteiger partial charge in [0.15, 0.2) is 0 Å². The van der Waals surface area contributed by atoms with Crippen LogP contribution >= 0.6 is 0 Å². The molecule has 0 spiro atoms. The van der Waals surface area contributed by atoms with Gasteiger partial charge in [0.25, 0.3) is 0 Å². The first-order valence-electron chi connectivity index (χ1n) is 2.40. The zero-order chi connectivity index (χ0) is 5.33. The third-order valence-electron chi connectivity index (χ3n) is 1.39. The van der Waals surface area contributed by atoms with Crippen LogP contribution in [0.1, 0.15) is 19.3 Å². The molecule has 1 saturated carbocycles. The first-order chi connectivity index (χ1) is 3.27. The predicted molar refractivity (Wildman–Crippen MR) is 23.7 cm³/mol. The summed E-state index contributed by atoms with van der Waals surface area (Å²) in [4.78, 5) is 0. The molecule has 1 aliphatic carbocycles. The third-order valence-corrected chi connectivity index (χ3v) is 1.39. The Morgan fingerprint density at radius 2 is 2.00 bits per heavy atom. The van der Waals surface area contributed by atoms with Crippen molar-refractivity contribution in [3.63, 3.8) is 0 Å². The number of rotatable bonds is 1. The van der Waals surface area contributed by atoms with Gasteiger partial charge in [-0.25, -0.2) is 0 Å². The summed E-state index contributed by atoms with van der Waals surface area (Å²) < 4.78 is 0. The molecule has 3 N–H and O–H groups in total. The molecule has 0 aromatic carbocycles. The van der Waals surface area contributed by atoms with Gasteiger partial charge in [0, 0.05) is 0 Å². The van der Waals surface area contributed by atoms with Crippen molar-refractivity contribution in [1.82, 2.24) is 5.48 Å². The van der Waals surface area contributed by atoms with E-state index in [1.807, 2.05) is 5.48 Å². The van der Waals surface area contributed by atoms with E-state index in [-0.39, 0.29) is 0 Å². The molecule has 0 aliphatic heterocycles. The van der Waals surface area contributed by atoms with Crippen LogP contribution in [0.25, 0.3) is 0 Å². The van der Waals surface area contributed by atoms with Crippen LogP contribution in [0.4, 0.5) is 0 Å². The van der Waals surface area contributed by atoms with E-state index in [2.05, 4.69) is 0 Å². The van der Waals surface area contributed by atoms with E-state index in [4.69, 9.17) is 10.3 Å². The second-order valence-corrected chi connectivity index (χ2v) is 2.00. The summed E-state index contributed by atoms with van der Waals surface area (Å²) >= 11 is 0. The summed E-state index contributed by atoms with van der Waals surface area (Å²) in [6.07, 6.45) is 2.34. The monoisotopic (exact) mass is 103 g/mol. The minimum Gasteiger partial charge on any atom is -0.374 e. The van der Waals surface area contributed by atoms with Crippen molar-refractivity contribution in [2.45, 2.75) is 25.0 Å². The van der Waals surface area contributed by atoms with E-state index < -0.39 is 5.72 Å². The van der Waals surface area contributed by atoms with Gasteiger partial charge >= 0.3 is 0 Å². The van der Waals surface area contributed by atoms with Gasteiger partial charge in [-0.2, -0.15) is 5.48 Å². The van der Waals surface area contributed by atoms with Crippen molar-refractivity contribution in [2.75, 3.05) is 0 Å². The summed E-state index contributed by atoms with van der Waals surface area (Å²) in [7, 11) is 0. The molecule has 3 heteroatoms. The van der Waals surface area contributed by atoms with Gasteiger partial charge in [0.1, 0.15) is 5.72 Å². The summed E-state index contributed by atoms with van der Waals surface area (Å²) in [5.74, 6) is 0. The Morgan fingerprint density at radius 1 is 1.43 bits per heavy atom. The topological polar surface area (TPSA) is 52.5 Å². The summed E-state index contributed by atoms with van der Waals surface area (Å²) in [6.45, 7) is 0. The molecule has 0 radical (unpaired) electrons. The highest BCUT2D eigenvalue weighted by atomic mass is 16.5. The first kappa shape index (κ1) is 5.03. The number of nitrogens with one attached hydrogen (secondary N) is 1. The molecule has 1 aliphatic rings. The minimum absolute atomic E-state index is 0.670. The normalized spacial score (nSPS) is 26.6. The molecule has 7 heavy (non-hydrogen) atoms. The Hall–Kier alpha value is -0.120. The van der Waals surface area contributed by atoms with Crippen molar-refractivity contribution < 1.29 is 10.3 Å². The summed E-state index contributed by atoms with van der Waals surface area (Å²) in [6, 6.07) is 0. The van der Waals surface area contributed by atoms with Gasteiger partial charge in [-0.3, -0.25) is 0 Å². The van der Waals surface area contributed by atoms with E-state index in [1.54, 1.807) is 0 Å². The maximum atomic E-state index is 8.86. The van der Waals surface area contributed by atoms with Crippen LogP contribution in [0.3, 0.4) is 0 Å². The van der Waals surface area contributed by atoms with Gasteiger partial charge in [-0.15, -0.1) is 0 Å². The lowest BCUT2D eigenvalue weighted by Crippen LogP contribution is -2.48. The second-order valence-electron chi connectivity index (χ2n) is 2.00. The molecule has 0 aromatic rings. The molecule has 0 bridgehead atoms. The number of hydrogen-bond acceptors (Lipinski definition) is 3. The average Bonchev–Trinajstić information content (AvgIpc) is 1.61. The fourth-order valence-corrected chi connectivity index (χ4v) is 0.623. The largest absolute Gasteiger partial charge is 0.374 e. The fourth-order valence-electron chi connectivity index (χ4n) is 0.623. The molecular formula is C4H9NO2. The Bertz CT molecular complexity index is 64.6. The highest BCUT2D eigenvalue weighted by molar-refractivity contribution is 4.80. The quantitative estimate of drug-likeness (QED) is 0.319. The zero-order valence-corrected chi connectivity index (χ0v) is 4.02. The van der Waals surface area contributed by atoms with E-state index in [0.717, 1.165) is 6.42 Å². The van der Waals surface area contributed by atoms with Crippen LogP contribution in [0, 0.1) is 0 Å². The first-order valence-corrected chi connectivity index (χ1v) is 2.40. The molecule has 0 saturated heterocycles. The van der Waals surface area contributed by atoms with Gasteiger partial charge < -0.3 is 10.3 Å². The zero-order valence-electron chi connectivity index (χ0n) is 4.02. The van der Waals surface area contributed by atoms with Crippen LogP contribution in [0.2, 0.25) is 0 Å². The SMILES string of the molecule is ONC1(O)CCC1. The van der Waals surface area contributed by atoms with E-state index in [0.29, 0.717) is 12.8 Å². The lowest BCUT2D eigenvalue weighted by molar-refractivity contribution is -0.142. The molecule has 0 amide bonds. The fraction of sp³-hybridized carbons (Fsp3) is 1.00. The minimum atomic E-state index is -0.931. The van der Waals surface area contributed by atoms with Gasteiger partial charge in [0.2, 0.25) is 0 Å². The third kappa shape index (κ3) is 0.748. The Morgan fingerprint density at radius 3 is 2.00 bits per heavy atom. The lowest BCUT2D eigenvalue weighted by Gasteiger charge is -2.34. The van der Waals surface area contributed by atoms with Gasteiger partial charge in [-0.05, 0) is 19.3 Å². The number of aliphatic hydroxyl groups is 1. The Labute approximate surface area is 41.9 Å². The van der Waals surface area contributed by atoms with Crippen LogP contribution in [-0.4, -0.2) is 16.0 Å².